The first-order valence-corrected chi connectivity index (χ1v) is 16.5. The van der Waals surface area contributed by atoms with Gasteiger partial charge in [-0.1, -0.05) is 24.3 Å². The van der Waals surface area contributed by atoms with Crippen LogP contribution in [-0.4, -0.2) is 24.5 Å². The third kappa shape index (κ3) is 5.98. The highest BCUT2D eigenvalue weighted by atomic mass is 15.0. The quantitative estimate of drug-likeness (QED) is 0.168. The summed E-state index contributed by atoms with van der Waals surface area (Å²) >= 11 is 0. The first-order chi connectivity index (χ1) is 26.9. The van der Waals surface area contributed by atoms with E-state index in [1.54, 1.807) is 36.4 Å². The summed E-state index contributed by atoms with van der Waals surface area (Å²) in [6.45, 7) is 0. The monoisotopic (exact) mass is 701 g/mol. The Morgan fingerprint density at radius 1 is 0.364 bits per heavy atom. The molecule has 0 spiro atoms. The second-order valence-corrected chi connectivity index (χ2v) is 12.4. The molecule has 0 bridgehead atoms. The maximum Gasteiger partial charge on any atom is 0.161 e. The van der Waals surface area contributed by atoms with Crippen LogP contribution in [0.1, 0.15) is 33.4 Å². The summed E-state index contributed by atoms with van der Waals surface area (Å²) < 4.78 is 2.07. The second kappa shape index (κ2) is 13.6. The van der Waals surface area contributed by atoms with Crippen LogP contribution in [-0.2, 0) is 0 Å². The van der Waals surface area contributed by atoms with E-state index in [0.29, 0.717) is 67.4 Å². The van der Waals surface area contributed by atoms with Gasteiger partial charge in [-0.3, -0.25) is 0 Å². The number of rotatable bonds is 5. The topological polar surface area (TPSA) is 199 Å². The van der Waals surface area contributed by atoms with Crippen LogP contribution in [0.3, 0.4) is 0 Å². The minimum atomic E-state index is 0.288. The molecule has 0 aliphatic carbocycles. The van der Waals surface area contributed by atoms with E-state index in [1.807, 2.05) is 60.7 Å². The predicted octanol–water partition coefficient (Wildman–Crippen LogP) is 8.26. The van der Waals surface area contributed by atoms with Gasteiger partial charge in [0.2, 0.25) is 0 Å². The molecule has 0 unspecified atom stereocenters. The van der Waals surface area contributed by atoms with Gasteiger partial charge in [0.05, 0.1) is 74.4 Å². The normalized spacial score (nSPS) is 10.4. The maximum atomic E-state index is 9.73. The molecule has 0 saturated heterocycles. The lowest BCUT2D eigenvalue weighted by atomic mass is 9.98. The lowest BCUT2D eigenvalue weighted by Crippen LogP contribution is -2.01. The van der Waals surface area contributed by atoms with E-state index in [1.165, 1.54) is 24.8 Å². The molecular weight excluding hydrogens is 683 g/mol. The molecule has 3 aromatic heterocycles. The van der Waals surface area contributed by atoms with Gasteiger partial charge >= 0.3 is 0 Å². The summed E-state index contributed by atoms with van der Waals surface area (Å²) in [6.07, 6.45) is 5.79. The molecule has 0 atom stereocenters. The number of nitrogens with zero attached hydrogens (tertiary/aromatic N) is 11. The Bertz CT molecular complexity index is 2960. The number of aromatic nitrogens is 5. The maximum absolute atomic E-state index is 9.73. The van der Waals surface area contributed by atoms with Gasteiger partial charge in [-0.25, -0.2) is 19.9 Å². The van der Waals surface area contributed by atoms with Crippen molar-refractivity contribution in [2.75, 3.05) is 0 Å². The Labute approximate surface area is 313 Å². The highest BCUT2D eigenvalue weighted by Gasteiger charge is 2.20. The number of nitriles is 6. The third-order valence-electron chi connectivity index (χ3n) is 9.11. The standard InChI is InChI=1S/C44H19N11/c45-16-26-7-27(17-46)10-35(9-26)32-1-4-37-38-5-2-33(36-11-28(18-47)8-29(12-36)19-48)15-42(38)55(41(37)14-32)40-6-3-34(43-51-22-30(20-49)23-52-43)13-39(40)44-53-24-31(21-50)25-54-44/h1-15,22-25H. The van der Waals surface area contributed by atoms with Crippen LogP contribution in [0.25, 0.3) is 72.5 Å². The number of benzene rings is 5. The Balaban J connectivity index is 1.46. The van der Waals surface area contributed by atoms with E-state index < -0.39 is 0 Å². The van der Waals surface area contributed by atoms with Gasteiger partial charge < -0.3 is 4.57 Å². The molecule has 0 fully saturated rings. The Hall–Kier alpha value is -9.00. The van der Waals surface area contributed by atoms with Crippen molar-refractivity contribution >= 4 is 21.8 Å². The van der Waals surface area contributed by atoms with E-state index in [4.69, 9.17) is 0 Å². The molecule has 0 radical (unpaired) electrons. The number of hydrogen-bond donors (Lipinski definition) is 0. The molecule has 11 nitrogen and oxygen atoms in total. The minimum absolute atomic E-state index is 0.288. The largest absolute Gasteiger partial charge is 0.308 e. The highest BCUT2D eigenvalue weighted by Crippen LogP contribution is 2.40. The molecule has 0 N–H and O–H groups in total. The fourth-order valence-corrected chi connectivity index (χ4v) is 6.59. The Morgan fingerprint density at radius 2 is 0.764 bits per heavy atom. The molecule has 250 valence electrons. The average Bonchev–Trinajstić information content (AvgIpc) is 3.58. The van der Waals surface area contributed by atoms with Crippen LogP contribution in [0.5, 0.6) is 0 Å². The molecule has 0 aliphatic heterocycles. The first kappa shape index (κ1) is 33.2. The molecule has 8 aromatic rings. The van der Waals surface area contributed by atoms with Gasteiger partial charge in [0, 0.05) is 46.7 Å². The van der Waals surface area contributed by atoms with Crippen molar-refractivity contribution in [2.24, 2.45) is 0 Å². The molecule has 8 rings (SSSR count). The molecule has 0 amide bonds. The minimum Gasteiger partial charge on any atom is -0.308 e. The Morgan fingerprint density at radius 3 is 1.18 bits per heavy atom. The molecule has 3 heterocycles. The van der Waals surface area contributed by atoms with Crippen LogP contribution in [0, 0.1) is 68.0 Å². The zero-order chi connectivity index (χ0) is 38.1. The Kier molecular flexibility index (Phi) is 8.21. The molecule has 55 heavy (non-hydrogen) atoms. The van der Waals surface area contributed by atoms with Crippen molar-refractivity contribution in [3.63, 3.8) is 0 Å². The van der Waals surface area contributed by atoms with E-state index in [9.17, 15) is 31.6 Å². The summed E-state index contributed by atoms with van der Waals surface area (Å²) in [5.74, 6) is 0.705. The molecule has 0 saturated carbocycles. The van der Waals surface area contributed by atoms with Crippen LogP contribution in [0.4, 0.5) is 0 Å². The van der Waals surface area contributed by atoms with E-state index in [0.717, 1.165) is 32.9 Å². The van der Waals surface area contributed by atoms with Crippen molar-refractivity contribution in [1.29, 1.82) is 31.6 Å². The van der Waals surface area contributed by atoms with Crippen LogP contribution < -0.4 is 0 Å². The lowest BCUT2D eigenvalue weighted by Gasteiger charge is -2.15. The average molecular weight is 702 g/mol. The molecule has 11 heteroatoms. The summed E-state index contributed by atoms with van der Waals surface area (Å²) in [5, 5.41) is 59.5. The van der Waals surface area contributed by atoms with Crippen molar-refractivity contribution in [1.82, 2.24) is 24.5 Å². The smallest absolute Gasteiger partial charge is 0.161 e. The SMILES string of the molecule is N#Cc1cnc(-c2ccc(-n3c4cc(-c5cc(C#N)cc(C#N)c5)ccc4c4ccc(-c5cc(C#N)cc(C#N)c5)cc43)c(-c3ncc(C#N)cn3)c2)nc1. The van der Waals surface area contributed by atoms with Crippen molar-refractivity contribution in [3.8, 4) is 87.1 Å². The number of hydrogen-bond acceptors (Lipinski definition) is 10. The molecule has 5 aromatic carbocycles. The van der Waals surface area contributed by atoms with E-state index in [-0.39, 0.29) is 5.56 Å². The summed E-state index contributed by atoms with van der Waals surface area (Å²) in [4.78, 5) is 17.9. The third-order valence-corrected chi connectivity index (χ3v) is 9.11. The van der Waals surface area contributed by atoms with Gasteiger partial charge in [-0.15, -0.1) is 0 Å². The highest BCUT2D eigenvalue weighted by molar-refractivity contribution is 6.11. The summed E-state index contributed by atoms with van der Waals surface area (Å²) in [6, 6.07) is 40.2. The molecular formula is C44H19N11. The van der Waals surface area contributed by atoms with Gasteiger partial charge in [0.15, 0.2) is 11.6 Å². The van der Waals surface area contributed by atoms with Crippen LogP contribution in [0.2, 0.25) is 0 Å². The zero-order valence-corrected chi connectivity index (χ0v) is 28.4. The zero-order valence-electron chi connectivity index (χ0n) is 28.4. The van der Waals surface area contributed by atoms with Crippen LogP contribution in [0.15, 0.2) is 116 Å². The van der Waals surface area contributed by atoms with Gasteiger partial charge in [-0.05, 0) is 89.0 Å². The van der Waals surface area contributed by atoms with Gasteiger partial charge in [-0.2, -0.15) is 31.6 Å². The fourth-order valence-electron chi connectivity index (χ4n) is 6.59. The van der Waals surface area contributed by atoms with Gasteiger partial charge in [0.25, 0.3) is 0 Å². The lowest BCUT2D eigenvalue weighted by molar-refractivity contribution is 1.12. The number of fused-ring (bicyclic) bond motifs is 3. The van der Waals surface area contributed by atoms with E-state index >= 15 is 0 Å². The van der Waals surface area contributed by atoms with Crippen molar-refractivity contribution in [2.45, 2.75) is 0 Å². The van der Waals surface area contributed by atoms with Gasteiger partial charge in [0.1, 0.15) is 12.1 Å². The second-order valence-electron chi connectivity index (χ2n) is 12.4. The predicted molar refractivity (Wildman–Crippen MR) is 202 cm³/mol. The van der Waals surface area contributed by atoms with E-state index in [2.05, 4.69) is 54.8 Å². The fraction of sp³-hybridized carbons (Fsp3) is 0. The van der Waals surface area contributed by atoms with Crippen LogP contribution >= 0.6 is 0 Å². The summed E-state index contributed by atoms with van der Waals surface area (Å²) in [7, 11) is 0. The molecule has 0 aliphatic rings. The first-order valence-electron chi connectivity index (χ1n) is 16.5. The van der Waals surface area contributed by atoms with Crippen molar-refractivity contribution < 1.29 is 0 Å². The van der Waals surface area contributed by atoms with Crippen molar-refractivity contribution in [3.05, 3.63) is 149 Å². The summed E-state index contributed by atoms with van der Waals surface area (Å²) in [5.41, 5.74) is 8.41.